The second-order valence-electron chi connectivity index (χ2n) is 7.61. The predicted molar refractivity (Wildman–Crippen MR) is 1350 cm³/mol. The van der Waals surface area contributed by atoms with Crippen LogP contribution < -0.4 is 0 Å². The van der Waals surface area contributed by atoms with Crippen LogP contribution in [0.4, 0.5) is 0 Å². The van der Waals surface area contributed by atoms with Crippen molar-refractivity contribution in [1.29, 1.82) is 0 Å². The second-order valence-corrected chi connectivity index (χ2v) is 2300. The Hall–Kier alpha value is 70.1. The second kappa shape index (κ2) is 99.7. The van der Waals surface area contributed by atoms with Gasteiger partial charge in [0.2, 0.25) is 0 Å². The van der Waals surface area contributed by atoms with Gasteiger partial charge in [-0.1, -0.05) is 0 Å². The first-order valence-electron chi connectivity index (χ1n) is 13.6. The molecule has 0 aromatic carbocycles. The fraction of sp³-hybridized carbons (Fsp3) is 0. The third-order valence-corrected chi connectivity index (χ3v) is 7600. The first kappa shape index (κ1) is 166. The summed E-state index contributed by atoms with van der Waals surface area (Å²) in [5, 5.41) is 0. The summed E-state index contributed by atoms with van der Waals surface area (Å²) < 4.78 is 0. The van der Waals surface area contributed by atoms with Crippen molar-refractivity contribution in [2.75, 3.05) is 0 Å². The summed E-state index contributed by atoms with van der Waals surface area (Å²) >= 11 is 166. The summed E-state index contributed by atoms with van der Waals surface area (Å²) in [6.07, 6.45) is 0. The third-order valence-electron chi connectivity index (χ3n) is 3.76. The molecule has 0 radical (unpaired) electrons. The first-order chi connectivity index (χ1) is 43.6. The van der Waals surface area contributed by atoms with Crippen molar-refractivity contribution in [1.82, 2.24) is 0 Å². The van der Waals surface area contributed by atoms with Gasteiger partial charge in [0.05, 0.1) is 0 Å². The predicted octanol–water partition coefficient (Wildman–Crippen LogP) is 85.0. The van der Waals surface area contributed by atoms with Gasteiger partial charge in [0.15, 0.2) is 0 Å². The van der Waals surface area contributed by atoms with Crippen LogP contribution >= 0.6 is 1280 Å². The van der Waals surface area contributed by atoms with E-state index in [0.717, 1.165) is 0 Å². The van der Waals surface area contributed by atoms with Crippen LogP contribution in [0.25, 0.3) is 0 Å². The van der Waals surface area contributed by atoms with Crippen molar-refractivity contribution in [2.45, 2.75) is 0 Å². The molecule has 0 aliphatic heterocycles. The molecule has 96 heteroatoms. The Morgan fingerprint density at radius 3 is 0.115 bits per heavy atom. The van der Waals surface area contributed by atoms with Gasteiger partial charge in [-0.15, -0.1) is 0 Å². The minimum atomic E-state index is -0.657. The molecule has 0 rings (SSSR count). The zero-order valence-corrected chi connectivity index (χ0v) is 243. The maximum absolute atomic E-state index is 3.48. The summed E-state index contributed by atoms with van der Waals surface area (Å²) in [5.41, 5.74) is 0. The van der Waals surface area contributed by atoms with E-state index in [9.17, 15) is 0 Å². The molecule has 0 aliphatic carbocycles. The topological polar surface area (TPSA) is 0 Å². The van der Waals surface area contributed by atoms with Crippen molar-refractivity contribution < 1.29 is 0 Å². The van der Waals surface area contributed by atoms with Gasteiger partial charge in [-0.05, 0) is 0 Å². The molecule has 0 N–H and O–H groups in total. The van der Waals surface area contributed by atoms with Crippen molar-refractivity contribution in [2.24, 2.45) is 0 Å². The van der Waals surface area contributed by atoms with Crippen molar-refractivity contribution >= 4 is 1280 Å². The molecule has 0 saturated carbocycles. The molecule has 0 unspecified atom stereocenters. The number of hydrogen-bond acceptors (Lipinski definition) is 0. The van der Waals surface area contributed by atoms with Crippen LogP contribution in [-0.2, 0) is 0 Å². The Labute approximate surface area is 1200 Å². The molecule has 0 aromatic heterocycles. The quantitative estimate of drug-likeness (QED) is 0.0533. The van der Waals surface area contributed by atoms with Crippen LogP contribution in [0.5, 0.6) is 0 Å². The SMILES string of the molecule is II(I)I(I)I(I)I(I)I(I)I(I)I(I)I(I)I(I)I(I)I(I)I(I)I(I)I(I)I(I)I(I)I(I)I(I)I(I)I(I)I(I)I(I)I(I)I(I)I(I)I(I)I(I)I(I)I(I)I(I)I(I)I(I)I(I)I(I)I(I)I(I)I(I)I(I)I(I)I(I)I(I)I(I)I(I)I(I)I(I)I(I)I(I)I. The molecule has 0 heterocycles. The van der Waals surface area contributed by atoms with Crippen LogP contribution in [0.15, 0.2) is 0 Å². The van der Waals surface area contributed by atoms with Gasteiger partial charge in [0.1, 0.15) is 0 Å². The maximum atomic E-state index is 3.48. The molecule has 0 bridgehead atoms. The van der Waals surface area contributed by atoms with E-state index >= 15 is 0 Å². The molecule has 0 spiro atoms. The van der Waals surface area contributed by atoms with E-state index in [0.29, 0.717) is 0 Å². The van der Waals surface area contributed by atoms with Gasteiger partial charge >= 0.3 is 1280 Å². The van der Waals surface area contributed by atoms with Gasteiger partial charge in [-0.25, -0.2) is 0 Å². The monoisotopic (exact) mass is 12200 g/mol. The summed E-state index contributed by atoms with van der Waals surface area (Å²) in [4.78, 5) is 0. The van der Waals surface area contributed by atoms with Gasteiger partial charge in [0.25, 0.3) is 0 Å². The van der Waals surface area contributed by atoms with Gasteiger partial charge in [-0.3, -0.25) is 0 Å². The number of rotatable bonds is 46. The number of halogens is 96. The van der Waals surface area contributed by atoms with Gasteiger partial charge in [0, 0.05) is 0 Å². The Morgan fingerprint density at radius 2 is 0.0833 bits per heavy atom. The summed E-state index contributed by atoms with van der Waals surface area (Å²) in [6, 6.07) is 0. The Morgan fingerprint density at radius 1 is 0.0521 bits per heavy atom. The molecule has 96 heavy (non-hydrogen) atoms. The molecular formula is I96. The average molecular weight is 12200 g/mol. The molecule has 0 nitrogen and oxygen atoms in total. The molecule has 0 fully saturated rings. The van der Waals surface area contributed by atoms with Crippen LogP contribution in [-0.4, -0.2) is 0 Å². The van der Waals surface area contributed by atoms with Crippen LogP contribution in [0.1, 0.15) is 0 Å². The standard InChI is InChI=1S/I96/c1-50(2)52(5)54(7)56(9)58(11)60(13)62(15)64(17)66(19)68(21)70(23)72(25)74(27)76(29)78(31)80(33)82(35)84(37)86(39)88(41)90(43)92(45)94(47)96(49)95(48)93(46)91(44)89(42)87(40)85(38)83(36)81(34)79(32)77(30)75(28)73(26)71(24)69(22)67(20)65(18)63(16)61(14)59(12)57(10)55(8)53(6)51(3)4. The van der Waals surface area contributed by atoms with E-state index in [4.69, 9.17) is 0 Å². The van der Waals surface area contributed by atoms with Crippen LogP contribution in [0.2, 0.25) is 0 Å². The average Bonchev–Trinajstić information content (AvgIpc) is 0.852. The van der Waals surface area contributed by atoms with E-state index in [-0.39, 0.29) is 0 Å². The van der Waals surface area contributed by atoms with Crippen molar-refractivity contribution in [3.05, 3.63) is 0 Å². The fourth-order valence-electron chi connectivity index (χ4n) is 1.39. The Bertz CT molecular complexity index is 1870. The first-order valence-corrected chi connectivity index (χ1v) is 611. The van der Waals surface area contributed by atoms with Gasteiger partial charge in [-0.2, -0.15) is 0 Å². The molecule has 0 atom stereocenters. The van der Waals surface area contributed by atoms with Crippen molar-refractivity contribution in [3.63, 3.8) is 0 Å². The molecule has 0 amide bonds. The summed E-state index contributed by atoms with van der Waals surface area (Å²) in [5.74, 6) is 0. The fourth-order valence-corrected chi connectivity index (χ4v) is 18900. The van der Waals surface area contributed by atoms with E-state index in [1.54, 1.807) is 0 Å². The minimum absolute atomic E-state index is 0.490. The van der Waals surface area contributed by atoms with Crippen LogP contribution in [0.3, 0.4) is 0 Å². The zero-order valence-electron chi connectivity index (χ0n) is 36.3. The van der Waals surface area contributed by atoms with E-state index in [1.165, 1.54) is 0 Å². The van der Waals surface area contributed by atoms with Crippen molar-refractivity contribution in [3.8, 4) is 0 Å². The summed E-state index contributed by atoms with van der Waals surface area (Å²) in [6.45, 7) is 0. The number of hydrogen-bond donors (Lipinski definition) is 0. The summed E-state index contributed by atoms with van der Waals surface area (Å²) in [7, 11) is -28.6. The van der Waals surface area contributed by atoms with E-state index in [2.05, 4.69) is 912 Å². The normalized spacial score (nSPS) is 19.2. The van der Waals surface area contributed by atoms with E-state index < -0.39 is 371 Å². The Kier molecular flexibility index (Phi) is 173. The van der Waals surface area contributed by atoms with Crippen LogP contribution in [0, 0.1) is 0 Å². The molecule has 672 valence electrons. The van der Waals surface area contributed by atoms with Gasteiger partial charge < -0.3 is 0 Å². The molecule has 0 aromatic rings. The molecular weight excluding hydrogens is 12200 g/mol. The molecule has 0 saturated heterocycles. The molecule has 0 aliphatic rings. The van der Waals surface area contributed by atoms with E-state index in [1.807, 2.05) is 0 Å². The third kappa shape index (κ3) is 67.6. The zero-order chi connectivity index (χ0) is 76.1. The Balaban J connectivity index is 5.88.